The van der Waals surface area contributed by atoms with Crippen LogP contribution in [0.3, 0.4) is 0 Å². The molecule has 1 aromatic heterocycles. The van der Waals surface area contributed by atoms with Crippen molar-refractivity contribution in [3.63, 3.8) is 0 Å². The first-order valence-corrected chi connectivity index (χ1v) is 8.75. The molecule has 0 spiro atoms. The Morgan fingerprint density at radius 2 is 1.96 bits per heavy atom. The van der Waals surface area contributed by atoms with Crippen LogP contribution in [-0.4, -0.2) is 35.0 Å². The Balaban J connectivity index is 1.47. The highest BCUT2D eigenvalue weighted by atomic mass is 16.2. The molecule has 0 atom stereocenters. The molecule has 0 saturated heterocycles. The van der Waals surface area contributed by atoms with Crippen LogP contribution in [0.4, 0.5) is 0 Å². The zero-order chi connectivity index (χ0) is 16.8. The maximum Gasteiger partial charge on any atom is 0.287 e. The molecule has 128 valence electrons. The van der Waals surface area contributed by atoms with Crippen LogP contribution in [0.1, 0.15) is 49.1 Å². The van der Waals surface area contributed by atoms with E-state index < -0.39 is 0 Å². The summed E-state index contributed by atoms with van der Waals surface area (Å²) in [7, 11) is 0. The van der Waals surface area contributed by atoms with Crippen molar-refractivity contribution in [3.8, 4) is 0 Å². The van der Waals surface area contributed by atoms with Crippen molar-refractivity contribution >= 4 is 16.8 Å². The number of nitrogens with zero attached hydrogens (tertiary/aromatic N) is 1. The minimum absolute atomic E-state index is 0.0685. The molecule has 1 saturated carbocycles. The second-order valence-corrected chi connectivity index (χ2v) is 6.33. The number of carbonyl (C=O) groups is 1. The summed E-state index contributed by atoms with van der Waals surface area (Å²) in [6.07, 6.45) is 7.36. The highest BCUT2D eigenvalue weighted by molar-refractivity contribution is 5.92. The second-order valence-electron chi connectivity index (χ2n) is 6.33. The highest BCUT2D eigenvalue weighted by Gasteiger charge is 2.13. The Hall–Kier alpha value is -2.21. The topological polar surface area (TPSA) is 86.9 Å². The fourth-order valence-corrected chi connectivity index (χ4v) is 3.18. The van der Waals surface area contributed by atoms with Crippen molar-refractivity contribution in [2.45, 2.75) is 44.6 Å². The molecule has 0 radical (unpaired) electrons. The lowest BCUT2D eigenvalue weighted by molar-refractivity contribution is 0.0943. The number of amides is 1. The molecule has 1 aliphatic carbocycles. The smallest absolute Gasteiger partial charge is 0.287 e. The fourth-order valence-electron chi connectivity index (χ4n) is 3.18. The molecule has 2 aromatic rings. The summed E-state index contributed by atoms with van der Waals surface area (Å²) < 4.78 is 0. The molecule has 1 amide bonds. The molecule has 6 nitrogen and oxygen atoms in total. The Labute approximate surface area is 141 Å². The summed E-state index contributed by atoms with van der Waals surface area (Å²) in [4.78, 5) is 30.9. The van der Waals surface area contributed by atoms with Gasteiger partial charge in [0.2, 0.25) is 0 Å². The van der Waals surface area contributed by atoms with Gasteiger partial charge in [-0.3, -0.25) is 9.59 Å². The molecule has 6 heteroatoms. The van der Waals surface area contributed by atoms with Gasteiger partial charge < -0.3 is 15.6 Å². The third-order valence-corrected chi connectivity index (χ3v) is 4.51. The zero-order valence-corrected chi connectivity index (χ0v) is 13.8. The van der Waals surface area contributed by atoms with Crippen LogP contribution < -0.4 is 16.2 Å². The lowest BCUT2D eigenvalue weighted by atomic mass is 9.95. The Kier molecular flexibility index (Phi) is 5.59. The molecular formula is C18H24N4O2. The molecule has 1 aliphatic rings. The molecule has 3 rings (SSSR count). The van der Waals surface area contributed by atoms with Crippen LogP contribution >= 0.6 is 0 Å². The molecule has 3 N–H and O–H groups in total. The van der Waals surface area contributed by atoms with Crippen LogP contribution in [0.5, 0.6) is 0 Å². The number of benzene rings is 1. The predicted octanol–water partition coefficient (Wildman–Crippen LogP) is 1.97. The van der Waals surface area contributed by atoms with E-state index in [0.717, 1.165) is 13.0 Å². The number of H-pyrrole nitrogens is 1. The predicted molar refractivity (Wildman–Crippen MR) is 94.2 cm³/mol. The number of aromatic nitrogens is 2. The Bertz CT molecular complexity index is 750. The van der Waals surface area contributed by atoms with E-state index in [1.807, 2.05) is 0 Å². The fraction of sp³-hybridized carbons (Fsp3) is 0.500. The maximum absolute atomic E-state index is 12.1. The van der Waals surface area contributed by atoms with Gasteiger partial charge in [-0.05, 0) is 37.9 Å². The van der Waals surface area contributed by atoms with Gasteiger partial charge in [-0.1, -0.05) is 31.4 Å². The summed E-state index contributed by atoms with van der Waals surface area (Å²) in [5, 5.41) is 6.85. The van der Waals surface area contributed by atoms with Crippen molar-refractivity contribution in [2.24, 2.45) is 0 Å². The molecule has 1 heterocycles. The molecule has 1 aromatic carbocycles. The minimum Gasteiger partial charge on any atom is -0.349 e. The van der Waals surface area contributed by atoms with Gasteiger partial charge in [0.25, 0.3) is 11.5 Å². The number of hydrogen-bond acceptors (Lipinski definition) is 4. The minimum atomic E-state index is -0.337. The number of rotatable bonds is 6. The summed E-state index contributed by atoms with van der Waals surface area (Å²) in [6, 6.07) is 7.63. The molecular weight excluding hydrogens is 304 g/mol. The van der Waals surface area contributed by atoms with Crippen molar-refractivity contribution in [2.75, 3.05) is 13.1 Å². The van der Waals surface area contributed by atoms with Gasteiger partial charge in [0.15, 0.2) is 5.82 Å². The van der Waals surface area contributed by atoms with Gasteiger partial charge in [-0.25, -0.2) is 4.98 Å². The number of hydrogen-bond donors (Lipinski definition) is 3. The average Bonchev–Trinajstić information content (AvgIpc) is 2.62. The second kappa shape index (κ2) is 8.06. The van der Waals surface area contributed by atoms with E-state index in [1.165, 1.54) is 32.1 Å². The number of carbonyl (C=O) groups excluding carboxylic acids is 1. The first-order chi connectivity index (χ1) is 11.7. The average molecular weight is 328 g/mol. The SMILES string of the molecule is O=C(NCCCNC1CCCCC1)c1nc2ccccc2c(=O)[nH]1. The zero-order valence-electron chi connectivity index (χ0n) is 13.8. The lowest BCUT2D eigenvalue weighted by Gasteiger charge is -2.22. The van der Waals surface area contributed by atoms with Gasteiger partial charge in [0.05, 0.1) is 10.9 Å². The van der Waals surface area contributed by atoms with Crippen LogP contribution in [0.2, 0.25) is 0 Å². The summed E-state index contributed by atoms with van der Waals surface area (Å²) in [5.74, 6) is -0.269. The number of para-hydroxylation sites is 1. The van der Waals surface area contributed by atoms with E-state index in [2.05, 4.69) is 20.6 Å². The quantitative estimate of drug-likeness (QED) is 0.708. The number of aromatic amines is 1. The molecule has 0 bridgehead atoms. The largest absolute Gasteiger partial charge is 0.349 e. The van der Waals surface area contributed by atoms with E-state index in [9.17, 15) is 9.59 Å². The maximum atomic E-state index is 12.1. The standard InChI is InChI=1S/C18H24N4O2/c23-17-14-9-4-5-10-15(14)21-16(22-17)18(24)20-12-6-11-19-13-7-2-1-3-8-13/h4-5,9-10,13,19H,1-3,6-8,11-12H2,(H,20,24)(H,21,22,23). The van der Waals surface area contributed by atoms with Crippen LogP contribution in [0.15, 0.2) is 29.1 Å². The van der Waals surface area contributed by atoms with E-state index in [0.29, 0.717) is 23.5 Å². The van der Waals surface area contributed by atoms with Crippen LogP contribution in [0.25, 0.3) is 10.9 Å². The molecule has 24 heavy (non-hydrogen) atoms. The van der Waals surface area contributed by atoms with Crippen LogP contribution in [-0.2, 0) is 0 Å². The molecule has 0 unspecified atom stereocenters. The van der Waals surface area contributed by atoms with Crippen molar-refractivity contribution in [1.29, 1.82) is 0 Å². The van der Waals surface area contributed by atoms with Crippen molar-refractivity contribution < 1.29 is 4.79 Å². The van der Waals surface area contributed by atoms with E-state index >= 15 is 0 Å². The summed E-state index contributed by atoms with van der Waals surface area (Å²) >= 11 is 0. The van der Waals surface area contributed by atoms with Crippen molar-refractivity contribution in [1.82, 2.24) is 20.6 Å². The third kappa shape index (κ3) is 4.20. The first-order valence-electron chi connectivity index (χ1n) is 8.75. The van der Waals surface area contributed by atoms with Gasteiger partial charge in [-0.15, -0.1) is 0 Å². The number of nitrogens with one attached hydrogen (secondary N) is 3. The summed E-state index contributed by atoms with van der Waals surface area (Å²) in [6.45, 7) is 1.46. The third-order valence-electron chi connectivity index (χ3n) is 4.51. The van der Waals surface area contributed by atoms with Crippen LogP contribution in [0, 0.1) is 0 Å². The monoisotopic (exact) mass is 328 g/mol. The van der Waals surface area contributed by atoms with E-state index in [1.54, 1.807) is 24.3 Å². The van der Waals surface area contributed by atoms with Crippen molar-refractivity contribution in [3.05, 3.63) is 40.4 Å². The Morgan fingerprint density at radius 1 is 1.17 bits per heavy atom. The number of fused-ring (bicyclic) bond motifs is 1. The van der Waals surface area contributed by atoms with Gasteiger partial charge >= 0.3 is 0 Å². The van der Waals surface area contributed by atoms with Gasteiger partial charge in [-0.2, -0.15) is 0 Å². The molecule has 0 aliphatic heterocycles. The lowest BCUT2D eigenvalue weighted by Crippen LogP contribution is -2.34. The van der Waals surface area contributed by atoms with Gasteiger partial charge in [0, 0.05) is 12.6 Å². The summed E-state index contributed by atoms with van der Waals surface area (Å²) in [5.41, 5.74) is 0.245. The normalized spacial score (nSPS) is 15.5. The van der Waals surface area contributed by atoms with Gasteiger partial charge in [0.1, 0.15) is 0 Å². The Morgan fingerprint density at radius 3 is 2.79 bits per heavy atom. The van der Waals surface area contributed by atoms with E-state index in [-0.39, 0.29) is 17.3 Å². The highest BCUT2D eigenvalue weighted by Crippen LogP contribution is 2.17. The first kappa shape index (κ1) is 16.6. The molecule has 1 fully saturated rings. The van der Waals surface area contributed by atoms with E-state index in [4.69, 9.17) is 0 Å².